The van der Waals surface area contributed by atoms with Crippen molar-refractivity contribution in [2.24, 2.45) is 5.41 Å². The highest BCUT2D eigenvalue weighted by Gasteiger charge is 2.54. The van der Waals surface area contributed by atoms with Gasteiger partial charge < -0.3 is 19.5 Å². The first-order chi connectivity index (χ1) is 20.2. The van der Waals surface area contributed by atoms with Crippen LogP contribution in [0.5, 0.6) is 23.0 Å². The van der Waals surface area contributed by atoms with E-state index < -0.39 is 17.0 Å². The molecule has 1 heterocycles. The van der Waals surface area contributed by atoms with Crippen molar-refractivity contribution < 1.29 is 37.4 Å². The number of pyridine rings is 1. The van der Waals surface area contributed by atoms with E-state index in [1.165, 1.54) is 57.8 Å². The van der Waals surface area contributed by atoms with Crippen LogP contribution >= 0.6 is 0 Å². The molecule has 4 aromatic rings. The Morgan fingerprint density at radius 2 is 1.60 bits per heavy atom. The van der Waals surface area contributed by atoms with Crippen LogP contribution in [0, 0.1) is 17.0 Å². The number of carbonyl (C=O) groups is 3. The number of Topliss-reactive ketones (excluding diaryl/α,β-unsaturated/α-hetero) is 2. The zero-order valence-electron chi connectivity index (χ0n) is 23.3. The Labute approximate surface area is 240 Å². The zero-order chi connectivity index (χ0) is 30.0. The van der Waals surface area contributed by atoms with E-state index in [1.807, 2.05) is 0 Å². The van der Waals surface area contributed by atoms with Gasteiger partial charge in [0.05, 0.1) is 30.7 Å². The maximum atomic E-state index is 15.2. The summed E-state index contributed by atoms with van der Waals surface area (Å²) < 4.78 is 45.1. The van der Waals surface area contributed by atoms with Crippen LogP contribution in [0.1, 0.15) is 34.3 Å². The highest BCUT2D eigenvalue weighted by molar-refractivity contribution is 6.11. The minimum absolute atomic E-state index is 0.0657. The third-order valence-electron chi connectivity index (χ3n) is 7.49. The van der Waals surface area contributed by atoms with Gasteiger partial charge in [-0.1, -0.05) is 12.1 Å². The number of benzene rings is 3. The number of nitrogens with one attached hydrogen (secondary N) is 1. The molecule has 42 heavy (non-hydrogen) atoms. The fraction of sp³-hybridized carbons (Fsp3) is 0.250. The number of methoxy groups -OCH3 is 2. The molecular formula is C32H28F2N2O6. The predicted octanol–water partition coefficient (Wildman–Crippen LogP) is 5.39. The van der Waals surface area contributed by atoms with Crippen LogP contribution in [0.3, 0.4) is 0 Å². The molecule has 1 N–H and O–H groups in total. The summed E-state index contributed by atoms with van der Waals surface area (Å²) >= 11 is 0. The van der Waals surface area contributed by atoms with E-state index in [9.17, 15) is 18.8 Å². The Morgan fingerprint density at radius 3 is 2.26 bits per heavy atom. The van der Waals surface area contributed by atoms with Crippen LogP contribution in [0.25, 0.3) is 10.9 Å². The van der Waals surface area contributed by atoms with Gasteiger partial charge in [-0.2, -0.15) is 0 Å². The average molecular weight is 575 g/mol. The van der Waals surface area contributed by atoms with Gasteiger partial charge in [0.1, 0.15) is 23.1 Å². The van der Waals surface area contributed by atoms with Gasteiger partial charge in [0.15, 0.2) is 23.1 Å². The molecule has 0 bridgehead atoms. The van der Waals surface area contributed by atoms with E-state index in [0.29, 0.717) is 40.6 Å². The van der Waals surface area contributed by atoms with Crippen molar-refractivity contribution in [2.45, 2.75) is 25.7 Å². The summed E-state index contributed by atoms with van der Waals surface area (Å²) in [6.45, 7) is 0. The SMILES string of the molecule is CNC(=O)c1cc2c(Oc3ccc(CC(=O)C4(C(=O)Cc5ccc(F)cc5OC)CC4)cc3F)ccnc2cc1OC. The topological polar surface area (TPSA) is 104 Å². The molecule has 0 spiro atoms. The number of rotatable bonds is 11. The number of aromatic nitrogens is 1. The van der Waals surface area contributed by atoms with Crippen molar-refractivity contribution in [1.82, 2.24) is 10.3 Å². The largest absolute Gasteiger partial charge is 0.496 e. The van der Waals surface area contributed by atoms with Crippen molar-refractivity contribution >= 4 is 28.4 Å². The van der Waals surface area contributed by atoms with Gasteiger partial charge in [0.2, 0.25) is 0 Å². The maximum absolute atomic E-state index is 15.2. The molecule has 1 aromatic heterocycles. The molecule has 8 nitrogen and oxygen atoms in total. The smallest absolute Gasteiger partial charge is 0.254 e. The quantitative estimate of drug-likeness (QED) is 0.240. The molecule has 0 atom stereocenters. The van der Waals surface area contributed by atoms with Gasteiger partial charge in [0.25, 0.3) is 5.91 Å². The normalized spacial score (nSPS) is 13.4. The molecule has 0 unspecified atom stereocenters. The number of hydrogen-bond donors (Lipinski definition) is 1. The Balaban J connectivity index is 1.33. The molecule has 5 rings (SSSR count). The number of ether oxygens (including phenoxy) is 3. The zero-order valence-corrected chi connectivity index (χ0v) is 23.3. The first-order valence-electron chi connectivity index (χ1n) is 13.2. The van der Waals surface area contributed by atoms with E-state index in [2.05, 4.69) is 10.3 Å². The Morgan fingerprint density at radius 1 is 0.857 bits per heavy atom. The van der Waals surface area contributed by atoms with Crippen LogP contribution in [0.15, 0.2) is 60.8 Å². The Hall–Kier alpha value is -4.86. The molecule has 0 aliphatic heterocycles. The lowest BCUT2D eigenvalue weighted by molar-refractivity contribution is -0.133. The summed E-state index contributed by atoms with van der Waals surface area (Å²) in [5.41, 5.74) is 0.512. The average Bonchev–Trinajstić information content (AvgIpc) is 3.81. The molecule has 1 aliphatic rings. The minimum Gasteiger partial charge on any atom is -0.496 e. The van der Waals surface area contributed by atoms with E-state index in [1.54, 1.807) is 24.3 Å². The number of amides is 1. The summed E-state index contributed by atoms with van der Waals surface area (Å²) in [5, 5.41) is 3.03. The van der Waals surface area contributed by atoms with E-state index in [-0.39, 0.29) is 53.1 Å². The van der Waals surface area contributed by atoms with Gasteiger partial charge >= 0.3 is 0 Å². The molecule has 0 saturated heterocycles. The minimum atomic E-state index is -1.13. The Kier molecular flexibility index (Phi) is 7.89. The van der Waals surface area contributed by atoms with Crippen molar-refractivity contribution in [1.29, 1.82) is 0 Å². The molecule has 216 valence electrons. The maximum Gasteiger partial charge on any atom is 0.254 e. The van der Waals surface area contributed by atoms with Gasteiger partial charge in [-0.3, -0.25) is 19.4 Å². The third-order valence-corrected chi connectivity index (χ3v) is 7.49. The van der Waals surface area contributed by atoms with Gasteiger partial charge in [-0.05, 0) is 48.7 Å². The number of nitrogens with zero attached hydrogens (tertiary/aromatic N) is 1. The van der Waals surface area contributed by atoms with Crippen molar-refractivity contribution in [3.63, 3.8) is 0 Å². The summed E-state index contributed by atoms with van der Waals surface area (Å²) in [5.74, 6) is -1.35. The second-order valence-electron chi connectivity index (χ2n) is 10.1. The molecule has 0 radical (unpaired) electrons. The lowest BCUT2D eigenvalue weighted by atomic mass is 9.87. The number of fused-ring (bicyclic) bond motifs is 1. The lowest BCUT2D eigenvalue weighted by Crippen LogP contribution is -2.29. The van der Waals surface area contributed by atoms with Crippen molar-refractivity contribution in [3.8, 4) is 23.0 Å². The van der Waals surface area contributed by atoms with Crippen LogP contribution in [-0.2, 0) is 22.4 Å². The number of carbonyl (C=O) groups excluding carboxylic acids is 3. The summed E-state index contributed by atoms with van der Waals surface area (Å²) in [6, 6.07) is 12.8. The van der Waals surface area contributed by atoms with Crippen LogP contribution < -0.4 is 19.5 Å². The standard InChI is InChI=1S/C32H28F2N2O6/c1-35-31(39)22-16-21-24(17-28(22)41-3)36-11-8-25(21)42-26-7-4-18(12-23(26)34)13-29(37)32(9-10-32)30(38)14-19-5-6-20(33)15-27(19)40-2/h4-8,11-12,15-17H,9-10,13-14H2,1-3H3,(H,35,39). The van der Waals surface area contributed by atoms with E-state index in [0.717, 1.165) is 0 Å². The molecule has 1 saturated carbocycles. The molecule has 1 aliphatic carbocycles. The highest BCUT2D eigenvalue weighted by atomic mass is 19.1. The van der Waals surface area contributed by atoms with Crippen LogP contribution in [0.4, 0.5) is 8.78 Å². The molecule has 10 heteroatoms. The summed E-state index contributed by atoms with van der Waals surface area (Å²) in [7, 11) is 4.33. The Bertz CT molecular complexity index is 1720. The second kappa shape index (κ2) is 11.6. The van der Waals surface area contributed by atoms with Crippen LogP contribution in [-0.4, -0.2) is 43.7 Å². The fourth-order valence-corrected chi connectivity index (χ4v) is 4.97. The first kappa shape index (κ1) is 28.7. The van der Waals surface area contributed by atoms with Crippen LogP contribution in [0.2, 0.25) is 0 Å². The third kappa shape index (κ3) is 5.52. The number of halogens is 2. The molecular weight excluding hydrogens is 546 g/mol. The fourth-order valence-electron chi connectivity index (χ4n) is 4.97. The lowest BCUT2D eigenvalue weighted by Gasteiger charge is -2.15. The van der Waals surface area contributed by atoms with E-state index in [4.69, 9.17) is 14.2 Å². The monoisotopic (exact) mass is 574 g/mol. The highest BCUT2D eigenvalue weighted by Crippen LogP contribution is 2.49. The van der Waals surface area contributed by atoms with Crippen molar-refractivity contribution in [3.05, 3.63) is 89.1 Å². The number of ketones is 2. The number of hydrogen-bond acceptors (Lipinski definition) is 7. The molecule has 3 aromatic carbocycles. The van der Waals surface area contributed by atoms with E-state index >= 15 is 4.39 Å². The summed E-state index contributed by atoms with van der Waals surface area (Å²) in [4.78, 5) is 43.0. The van der Waals surface area contributed by atoms with Gasteiger partial charge in [-0.25, -0.2) is 8.78 Å². The van der Waals surface area contributed by atoms with Crippen molar-refractivity contribution in [2.75, 3.05) is 21.3 Å². The first-order valence-corrected chi connectivity index (χ1v) is 13.2. The molecule has 1 amide bonds. The molecule has 1 fully saturated rings. The van der Waals surface area contributed by atoms with Gasteiger partial charge in [-0.15, -0.1) is 0 Å². The predicted molar refractivity (Wildman–Crippen MR) is 150 cm³/mol. The summed E-state index contributed by atoms with van der Waals surface area (Å²) in [6.07, 6.45) is 2.13. The second-order valence-corrected chi connectivity index (χ2v) is 10.1. The van der Waals surface area contributed by atoms with Gasteiger partial charge in [0, 0.05) is 49.2 Å².